The van der Waals surface area contributed by atoms with Crippen LogP contribution >= 0.6 is 0 Å². The number of urea groups is 1. The van der Waals surface area contributed by atoms with Gasteiger partial charge in [0.2, 0.25) is 0 Å². The first kappa shape index (κ1) is 35.2. The molecule has 0 saturated carbocycles. The maximum Gasteiger partial charge on any atom is 0.315 e. The number of aliphatic hydroxyl groups excluding tert-OH is 2. The molecule has 0 aromatic rings. The molecule has 0 fully saturated rings. The number of rotatable bonds is 28. The molecule has 0 bridgehead atoms. The minimum Gasteiger partial charge on any atom is -0.394 e. The Morgan fingerprint density at radius 3 is 1.28 bits per heavy atom. The van der Waals surface area contributed by atoms with E-state index in [0.29, 0.717) is 13.0 Å². The molecule has 2 amide bonds. The van der Waals surface area contributed by atoms with Gasteiger partial charge in [-0.3, -0.25) is 0 Å². The van der Waals surface area contributed by atoms with E-state index in [9.17, 15) is 15.0 Å². The van der Waals surface area contributed by atoms with Crippen molar-refractivity contribution in [1.82, 2.24) is 4.90 Å². The molecular weight excluding hydrogens is 448 g/mol. The summed E-state index contributed by atoms with van der Waals surface area (Å²) in [6, 6.07) is -1.12. The molecule has 0 aromatic carbocycles. The van der Waals surface area contributed by atoms with E-state index in [-0.39, 0.29) is 6.61 Å². The summed E-state index contributed by atoms with van der Waals surface area (Å²) in [5, 5.41) is 20.5. The van der Waals surface area contributed by atoms with E-state index in [4.69, 9.17) is 5.73 Å². The molecule has 5 nitrogen and oxygen atoms in total. The Bertz CT molecular complexity index is 461. The first-order chi connectivity index (χ1) is 17.6. The van der Waals surface area contributed by atoms with Gasteiger partial charge in [0.05, 0.1) is 18.8 Å². The molecule has 0 aliphatic heterocycles. The van der Waals surface area contributed by atoms with Gasteiger partial charge < -0.3 is 20.8 Å². The van der Waals surface area contributed by atoms with Crippen molar-refractivity contribution >= 4 is 6.03 Å². The summed E-state index contributed by atoms with van der Waals surface area (Å²) < 4.78 is 0. The second-order valence-electron chi connectivity index (χ2n) is 11.1. The normalized spacial score (nSPS) is 13.1. The topological polar surface area (TPSA) is 86.8 Å². The third-order valence-electron chi connectivity index (χ3n) is 7.67. The summed E-state index contributed by atoms with van der Waals surface area (Å²) in [5.74, 6) is 0. The molecule has 0 aliphatic rings. The molecule has 2 atom stereocenters. The Morgan fingerprint density at radius 2 is 0.944 bits per heavy atom. The largest absolute Gasteiger partial charge is 0.394 e. The molecule has 0 saturated heterocycles. The van der Waals surface area contributed by atoms with E-state index in [0.717, 1.165) is 25.7 Å². The van der Waals surface area contributed by atoms with Crippen LogP contribution in [0.4, 0.5) is 4.79 Å². The summed E-state index contributed by atoms with van der Waals surface area (Å²) in [5.41, 5.74) is 5.61. The fourth-order valence-electron chi connectivity index (χ4n) is 5.20. The lowest BCUT2D eigenvalue weighted by molar-refractivity contribution is 0.0283. The number of carbonyl (C=O) groups excluding carboxylic acids is 1. The lowest BCUT2D eigenvalue weighted by Gasteiger charge is -2.32. The van der Waals surface area contributed by atoms with E-state index in [1.54, 1.807) is 0 Å². The number of aliphatic hydroxyl groups is 2. The average molecular weight is 513 g/mol. The van der Waals surface area contributed by atoms with Gasteiger partial charge in [0.15, 0.2) is 0 Å². The third-order valence-corrected chi connectivity index (χ3v) is 7.67. The van der Waals surface area contributed by atoms with Gasteiger partial charge in [0.25, 0.3) is 0 Å². The number of carbonyl (C=O) groups is 1. The first-order valence-electron chi connectivity index (χ1n) is 15.9. The van der Waals surface area contributed by atoms with Gasteiger partial charge in [-0.05, 0) is 12.8 Å². The highest BCUT2D eigenvalue weighted by Crippen LogP contribution is 2.17. The summed E-state index contributed by atoms with van der Waals surface area (Å²) in [4.78, 5) is 13.5. The molecule has 0 radical (unpaired) electrons. The van der Waals surface area contributed by atoms with Crippen LogP contribution < -0.4 is 5.73 Å². The molecule has 5 heteroatoms. The number of amides is 2. The maximum atomic E-state index is 12.0. The van der Waals surface area contributed by atoms with E-state index >= 15 is 0 Å². The highest BCUT2D eigenvalue weighted by Gasteiger charge is 2.27. The fraction of sp³-hybridized carbons (Fsp3) is 0.968. The van der Waals surface area contributed by atoms with Crippen molar-refractivity contribution < 1.29 is 15.0 Å². The van der Waals surface area contributed by atoms with Gasteiger partial charge in [-0.2, -0.15) is 0 Å². The number of nitrogens with two attached hydrogens (primary N) is 1. The Kier molecular flexibility index (Phi) is 26.6. The van der Waals surface area contributed by atoms with Gasteiger partial charge in [0.1, 0.15) is 0 Å². The van der Waals surface area contributed by atoms with Crippen molar-refractivity contribution in [1.29, 1.82) is 0 Å². The minimum absolute atomic E-state index is 0.236. The second-order valence-corrected chi connectivity index (χ2v) is 11.1. The maximum absolute atomic E-state index is 12.0. The molecule has 0 aliphatic carbocycles. The molecule has 0 rings (SSSR count). The molecule has 0 heterocycles. The summed E-state index contributed by atoms with van der Waals surface area (Å²) in [6.07, 6.45) is 29.0. The number of hydrogen-bond donors (Lipinski definition) is 3. The fourth-order valence-corrected chi connectivity index (χ4v) is 5.20. The Labute approximate surface area is 225 Å². The summed E-state index contributed by atoms with van der Waals surface area (Å²) >= 11 is 0. The van der Waals surface area contributed by atoms with Crippen LogP contribution in [0.15, 0.2) is 0 Å². The lowest BCUT2D eigenvalue weighted by Crippen LogP contribution is -2.51. The van der Waals surface area contributed by atoms with Crippen LogP contribution in [0.2, 0.25) is 0 Å². The number of nitrogens with zero attached hydrogens (tertiary/aromatic N) is 1. The van der Waals surface area contributed by atoms with Crippen molar-refractivity contribution in [3.8, 4) is 0 Å². The smallest absolute Gasteiger partial charge is 0.315 e. The van der Waals surface area contributed by atoms with Gasteiger partial charge >= 0.3 is 6.03 Å². The SMILES string of the molecule is CCCCCCCCCCCCCCCC(O)C(CO)N(CCCCCCCCCCCC)C(N)=O. The highest BCUT2D eigenvalue weighted by molar-refractivity contribution is 5.72. The molecule has 216 valence electrons. The van der Waals surface area contributed by atoms with Crippen LogP contribution in [0, 0.1) is 0 Å². The predicted molar refractivity (Wildman–Crippen MR) is 155 cm³/mol. The van der Waals surface area contributed by atoms with E-state index < -0.39 is 18.2 Å². The Balaban J connectivity index is 3.87. The zero-order chi connectivity index (χ0) is 26.7. The molecular formula is C31H64N2O3. The zero-order valence-electron chi connectivity index (χ0n) is 24.4. The van der Waals surface area contributed by atoms with Gasteiger partial charge in [0, 0.05) is 6.54 Å². The lowest BCUT2D eigenvalue weighted by atomic mass is 10.0. The van der Waals surface area contributed by atoms with Crippen LogP contribution in [0.5, 0.6) is 0 Å². The highest BCUT2D eigenvalue weighted by atomic mass is 16.3. The molecule has 36 heavy (non-hydrogen) atoms. The van der Waals surface area contributed by atoms with Gasteiger partial charge in [-0.15, -0.1) is 0 Å². The van der Waals surface area contributed by atoms with E-state index in [1.807, 2.05) is 0 Å². The standard InChI is InChI=1S/C31H64N2O3/c1-3-5-7-9-11-13-15-16-17-18-20-22-24-26-30(35)29(28-34)33(31(32)36)27-25-23-21-19-14-12-10-8-6-4-2/h29-30,34-35H,3-28H2,1-2H3,(H2,32,36). The van der Waals surface area contributed by atoms with Crippen molar-refractivity contribution in [2.75, 3.05) is 13.2 Å². The van der Waals surface area contributed by atoms with Crippen molar-refractivity contribution in [2.45, 2.75) is 180 Å². The van der Waals surface area contributed by atoms with Gasteiger partial charge in [-0.1, -0.05) is 155 Å². The monoisotopic (exact) mass is 512 g/mol. The first-order valence-corrected chi connectivity index (χ1v) is 15.9. The molecule has 4 N–H and O–H groups in total. The summed E-state index contributed by atoms with van der Waals surface area (Å²) in [6.45, 7) is 4.80. The van der Waals surface area contributed by atoms with Crippen LogP contribution in [-0.2, 0) is 0 Å². The van der Waals surface area contributed by atoms with E-state index in [1.165, 1.54) is 127 Å². The molecule has 2 unspecified atom stereocenters. The minimum atomic E-state index is -0.710. The number of unbranched alkanes of at least 4 members (excludes halogenated alkanes) is 21. The van der Waals surface area contributed by atoms with Crippen molar-refractivity contribution in [2.24, 2.45) is 5.73 Å². The van der Waals surface area contributed by atoms with Crippen LogP contribution in [0.1, 0.15) is 168 Å². The van der Waals surface area contributed by atoms with Crippen LogP contribution in [-0.4, -0.2) is 46.4 Å². The number of hydrogen-bond acceptors (Lipinski definition) is 3. The summed E-state index contributed by atoms with van der Waals surface area (Å²) in [7, 11) is 0. The third kappa shape index (κ3) is 21.3. The predicted octanol–water partition coefficient (Wildman–Crippen LogP) is 8.49. The zero-order valence-corrected chi connectivity index (χ0v) is 24.4. The quantitative estimate of drug-likeness (QED) is 0.0918. The van der Waals surface area contributed by atoms with Gasteiger partial charge in [-0.25, -0.2) is 4.79 Å². The average Bonchev–Trinajstić information content (AvgIpc) is 2.87. The van der Waals surface area contributed by atoms with E-state index in [2.05, 4.69) is 13.8 Å². The second kappa shape index (κ2) is 27.2. The number of primary amides is 1. The van der Waals surface area contributed by atoms with Crippen molar-refractivity contribution in [3.63, 3.8) is 0 Å². The molecule has 0 spiro atoms. The van der Waals surface area contributed by atoms with Crippen LogP contribution in [0.3, 0.4) is 0 Å². The Morgan fingerprint density at radius 1 is 0.611 bits per heavy atom. The Hall–Kier alpha value is -0.810. The van der Waals surface area contributed by atoms with Crippen LogP contribution in [0.25, 0.3) is 0 Å². The van der Waals surface area contributed by atoms with Crippen molar-refractivity contribution in [3.05, 3.63) is 0 Å². The molecule has 0 aromatic heterocycles.